The normalized spacial score (nSPS) is 10.5. The molecule has 3 aromatic carbocycles. The van der Waals surface area contributed by atoms with Crippen molar-refractivity contribution in [3.63, 3.8) is 0 Å². The number of nitrogens with zero attached hydrogens (tertiary/aromatic N) is 1. The molecule has 1 N–H and O–H groups in total. The summed E-state index contributed by atoms with van der Waals surface area (Å²) in [6.45, 7) is 0.310. The van der Waals surface area contributed by atoms with Crippen molar-refractivity contribution in [1.82, 2.24) is 10.2 Å². The predicted molar refractivity (Wildman–Crippen MR) is 117 cm³/mol. The molecule has 0 radical (unpaired) electrons. The van der Waals surface area contributed by atoms with Gasteiger partial charge in [0.25, 0.3) is 5.91 Å². The second-order valence-corrected chi connectivity index (χ2v) is 7.20. The molecule has 0 aliphatic heterocycles. The number of benzene rings is 3. The van der Waals surface area contributed by atoms with Gasteiger partial charge in [0, 0.05) is 20.6 Å². The second kappa shape index (κ2) is 9.78. The van der Waals surface area contributed by atoms with Crippen molar-refractivity contribution < 1.29 is 19.1 Å². The highest BCUT2D eigenvalue weighted by molar-refractivity contribution is 5.85. The Morgan fingerprint density at radius 2 is 1.63 bits per heavy atom. The minimum atomic E-state index is -0.137. The Bertz CT molecular complexity index is 1050. The molecule has 3 rings (SSSR count). The van der Waals surface area contributed by atoms with Gasteiger partial charge in [0.1, 0.15) is 0 Å². The van der Waals surface area contributed by atoms with E-state index in [1.54, 1.807) is 26.2 Å². The van der Waals surface area contributed by atoms with Crippen molar-refractivity contribution in [2.24, 2.45) is 0 Å². The van der Waals surface area contributed by atoms with Crippen molar-refractivity contribution in [3.8, 4) is 11.5 Å². The van der Waals surface area contributed by atoms with E-state index in [1.165, 1.54) is 12.0 Å². The van der Waals surface area contributed by atoms with Crippen molar-refractivity contribution in [1.29, 1.82) is 0 Å². The van der Waals surface area contributed by atoms with Crippen LogP contribution >= 0.6 is 0 Å². The number of likely N-dealkylation sites (N-methyl/N-ethyl adjacent to an activating group) is 1. The van der Waals surface area contributed by atoms with E-state index in [-0.39, 0.29) is 18.4 Å². The third kappa shape index (κ3) is 5.50. The lowest BCUT2D eigenvalue weighted by Crippen LogP contribution is -2.27. The van der Waals surface area contributed by atoms with Crippen LogP contribution in [0.4, 0.5) is 0 Å². The van der Waals surface area contributed by atoms with E-state index >= 15 is 0 Å². The number of ether oxygens (including phenoxy) is 2. The summed E-state index contributed by atoms with van der Waals surface area (Å²) in [7, 11) is 4.89. The van der Waals surface area contributed by atoms with Crippen LogP contribution in [-0.2, 0) is 22.6 Å². The van der Waals surface area contributed by atoms with E-state index in [9.17, 15) is 9.59 Å². The zero-order valence-electron chi connectivity index (χ0n) is 17.5. The van der Waals surface area contributed by atoms with Crippen LogP contribution in [0.15, 0.2) is 60.7 Å². The Hall–Kier alpha value is -3.54. The van der Waals surface area contributed by atoms with E-state index in [1.807, 2.05) is 42.5 Å². The lowest BCUT2D eigenvalue weighted by Gasteiger charge is -2.14. The molecule has 0 fully saturated rings. The number of rotatable bonds is 8. The maximum atomic E-state index is 12.4. The van der Waals surface area contributed by atoms with Crippen molar-refractivity contribution >= 4 is 22.6 Å². The summed E-state index contributed by atoms with van der Waals surface area (Å²) in [5, 5.41) is 5.21. The van der Waals surface area contributed by atoms with E-state index in [2.05, 4.69) is 11.4 Å². The average molecular weight is 406 g/mol. The van der Waals surface area contributed by atoms with Gasteiger partial charge in [0.15, 0.2) is 18.1 Å². The minimum absolute atomic E-state index is 0.0545. The van der Waals surface area contributed by atoms with Gasteiger partial charge in [0.2, 0.25) is 5.91 Å². The van der Waals surface area contributed by atoms with E-state index in [0.29, 0.717) is 24.5 Å². The van der Waals surface area contributed by atoms with Crippen molar-refractivity contribution in [2.45, 2.75) is 13.0 Å². The van der Waals surface area contributed by atoms with Gasteiger partial charge in [0.05, 0.1) is 13.5 Å². The van der Waals surface area contributed by atoms with Gasteiger partial charge in [-0.2, -0.15) is 0 Å². The SMILES string of the molecule is COc1cc(CNC(=O)Cc2ccc3ccccc3c2)ccc1OCC(=O)N(C)C. The number of hydrogen-bond donors (Lipinski definition) is 1. The zero-order chi connectivity index (χ0) is 21.5. The van der Waals surface area contributed by atoms with Gasteiger partial charge in [-0.05, 0) is 34.0 Å². The van der Waals surface area contributed by atoms with Gasteiger partial charge in [-0.15, -0.1) is 0 Å². The Morgan fingerprint density at radius 1 is 0.900 bits per heavy atom. The fourth-order valence-corrected chi connectivity index (χ4v) is 3.01. The zero-order valence-corrected chi connectivity index (χ0v) is 17.5. The lowest BCUT2D eigenvalue weighted by atomic mass is 10.0. The Kier molecular flexibility index (Phi) is 6.91. The Labute approximate surface area is 176 Å². The fraction of sp³-hybridized carbons (Fsp3) is 0.250. The van der Waals surface area contributed by atoms with E-state index in [4.69, 9.17) is 9.47 Å². The number of hydrogen-bond acceptors (Lipinski definition) is 4. The summed E-state index contributed by atoms with van der Waals surface area (Å²) in [6, 6.07) is 19.5. The largest absolute Gasteiger partial charge is 0.493 e. The van der Waals surface area contributed by atoms with Gasteiger partial charge in [-0.3, -0.25) is 9.59 Å². The summed E-state index contributed by atoms with van der Waals surface area (Å²) in [4.78, 5) is 25.5. The maximum absolute atomic E-state index is 12.4. The first-order valence-corrected chi connectivity index (χ1v) is 9.70. The molecule has 0 bridgehead atoms. The Morgan fingerprint density at radius 3 is 2.37 bits per heavy atom. The number of carbonyl (C=O) groups excluding carboxylic acids is 2. The number of carbonyl (C=O) groups is 2. The molecule has 0 aromatic heterocycles. The van der Waals surface area contributed by atoms with Crippen molar-refractivity contribution in [2.75, 3.05) is 27.8 Å². The lowest BCUT2D eigenvalue weighted by molar-refractivity contribution is -0.130. The Balaban J connectivity index is 1.57. The molecule has 0 saturated heterocycles. The molecule has 0 heterocycles. The summed E-state index contributed by atoms with van der Waals surface area (Å²) in [6.07, 6.45) is 0.315. The van der Waals surface area contributed by atoms with Gasteiger partial charge >= 0.3 is 0 Å². The van der Waals surface area contributed by atoms with Crippen LogP contribution in [0.25, 0.3) is 10.8 Å². The molecule has 30 heavy (non-hydrogen) atoms. The molecule has 6 heteroatoms. The highest BCUT2D eigenvalue weighted by Gasteiger charge is 2.11. The maximum Gasteiger partial charge on any atom is 0.259 e. The van der Waals surface area contributed by atoms with E-state index in [0.717, 1.165) is 21.9 Å². The monoisotopic (exact) mass is 406 g/mol. The van der Waals surface area contributed by atoms with Crippen LogP contribution in [0.3, 0.4) is 0 Å². The van der Waals surface area contributed by atoms with Crippen LogP contribution < -0.4 is 14.8 Å². The first kappa shape index (κ1) is 21.2. The molecule has 6 nitrogen and oxygen atoms in total. The number of amides is 2. The molecule has 3 aromatic rings. The summed E-state index contributed by atoms with van der Waals surface area (Å²) < 4.78 is 10.9. The van der Waals surface area contributed by atoms with Crippen LogP contribution in [-0.4, -0.2) is 44.5 Å². The molecular weight excluding hydrogens is 380 g/mol. The van der Waals surface area contributed by atoms with Crippen LogP contribution in [0.5, 0.6) is 11.5 Å². The number of fused-ring (bicyclic) bond motifs is 1. The van der Waals surface area contributed by atoms with Gasteiger partial charge < -0.3 is 19.7 Å². The fourth-order valence-electron chi connectivity index (χ4n) is 3.01. The molecule has 0 aliphatic carbocycles. The predicted octanol–water partition coefficient (Wildman–Crippen LogP) is 3.17. The minimum Gasteiger partial charge on any atom is -0.493 e. The molecule has 0 atom stereocenters. The van der Waals surface area contributed by atoms with Crippen LogP contribution in [0.2, 0.25) is 0 Å². The molecule has 0 aliphatic rings. The summed E-state index contributed by atoms with van der Waals surface area (Å²) in [5.74, 6) is 0.810. The first-order chi connectivity index (χ1) is 14.5. The third-order valence-corrected chi connectivity index (χ3v) is 4.75. The van der Waals surface area contributed by atoms with Crippen LogP contribution in [0, 0.1) is 0 Å². The quantitative estimate of drug-likeness (QED) is 0.624. The molecule has 0 saturated carbocycles. The molecule has 156 valence electrons. The summed E-state index contributed by atoms with van der Waals surface area (Å²) in [5.41, 5.74) is 1.85. The number of methoxy groups -OCH3 is 1. The molecule has 0 spiro atoms. The second-order valence-electron chi connectivity index (χ2n) is 7.20. The molecule has 2 amide bonds. The van der Waals surface area contributed by atoms with E-state index < -0.39 is 0 Å². The van der Waals surface area contributed by atoms with Gasteiger partial charge in [-0.25, -0.2) is 0 Å². The number of nitrogens with one attached hydrogen (secondary N) is 1. The first-order valence-electron chi connectivity index (χ1n) is 9.70. The third-order valence-electron chi connectivity index (χ3n) is 4.75. The topological polar surface area (TPSA) is 67.9 Å². The molecule has 0 unspecified atom stereocenters. The van der Waals surface area contributed by atoms with Gasteiger partial charge in [-0.1, -0.05) is 48.5 Å². The highest BCUT2D eigenvalue weighted by Crippen LogP contribution is 2.28. The smallest absolute Gasteiger partial charge is 0.259 e. The standard InChI is InChI=1S/C24H26N2O4/c1-26(2)24(28)16-30-21-11-9-18(13-22(21)29-3)15-25-23(27)14-17-8-10-19-6-4-5-7-20(19)12-17/h4-13H,14-16H2,1-3H3,(H,25,27). The summed E-state index contributed by atoms with van der Waals surface area (Å²) >= 11 is 0. The molecular formula is C24H26N2O4. The van der Waals surface area contributed by atoms with Crippen molar-refractivity contribution in [3.05, 3.63) is 71.8 Å². The average Bonchev–Trinajstić information content (AvgIpc) is 2.76. The highest BCUT2D eigenvalue weighted by atomic mass is 16.5. The van der Waals surface area contributed by atoms with Crippen LogP contribution in [0.1, 0.15) is 11.1 Å².